The molecule has 1 fully saturated rings. The third-order valence-corrected chi connectivity index (χ3v) is 6.13. The van der Waals surface area contributed by atoms with Crippen LogP contribution in [-0.4, -0.2) is 38.8 Å². The Balaban J connectivity index is 1.46. The number of benzene rings is 1. The van der Waals surface area contributed by atoms with Gasteiger partial charge in [0.15, 0.2) is 0 Å². The fourth-order valence-electron chi connectivity index (χ4n) is 4.34. The van der Waals surface area contributed by atoms with Crippen LogP contribution in [0.15, 0.2) is 30.6 Å². The lowest BCUT2D eigenvalue weighted by Gasteiger charge is -2.44. The summed E-state index contributed by atoms with van der Waals surface area (Å²) in [6, 6.07) is 8.87. The Bertz CT molecular complexity index is 705. The molecule has 24 heavy (non-hydrogen) atoms. The lowest BCUT2D eigenvalue weighted by atomic mass is 9.68. The van der Waals surface area contributed by atoms with E-state index in [0.29, 0.717) is 12.6 Å². The molecule has 1 aliphatic carbocycles. The number of nitrogens with zero attached hydrogens (tertiary/aromatic N) is 4. The molecule has 0 saturated heterocycles. The Morgan fingerprint density at radius 2 is 2.08 bits per heavy atom. The van der Waals surface area contributed by atoms with E-state index in [1.165, 1.54) is 18.4 Å². The first-order chi connectivity index (χ1) is 11.7. The average molecular weight is 346 g/mol. The second kappa shape index (κ2) is 6.47. The largest absolute Gasteiger partial charge is 0.330 e. The highest BCUT2D eigenvalue weighted by Gasteiger charge is 2.38. The van der Waals surface area contributed by atoms with Crippen LogP contribution in [0.3, 0.4) is 0 Å². The van der Waals surface area contributed by atoms with Crippen LogP contribution in [0.2, 0.25) is 5.02 Å². The quantitative estimate of drug-likeness (QED) is 0.928. The van der Waals surface area contributed by atoms with Crippen LogP contribution in [-0.2, 0) is 18.5 Å². The second-order valence-electron chi connectivity index (χ2n) is 7.10. The molecule has 5 nitrogen and oxygen atoms in total. The molecule has 0 spiro atoms. The summed E-state index contributed by atoms with van der Waals surface area (Å²) in [7, 11) is 0. The maximum atomic E-state index is 6.22. The smallest absolute Gasteiger partial charge is 0.141 e. The van der Waals surface area contributed by atoms with Gasteiger partial charge in [-0.15, -0.1) is 0 Å². The van der Waals surface area contributed by atoms with Crippen molar-refractivity contribution in [3.63, 3.8) is 0 Å². The van der Waals surface area contributed by atoms with Crippen molar-refractivity contribution in [1.82, 2.24) is 19.7 Å². The normalized spacial score (nSPS) is 27.8. The van der Waals surface area contributed by atoms with Gasteiger partial charge in [-0.3, -0.25) is 4.90 Å². The van der Waals surface area contributed by atoms with Crippen molar-refractivity contribution in [2.24, 2.45) is 5.73 Å². The molecule has 2 N–H and O–H groups in total. The van der Waals surface area contributed by atoms with Gasteiger partial charge in [-0.25, -0.2) is 9.67 Å². The van der Waals surface area contributed by atoms with E-state index in [-0.39, 0.29) is 5.41 Å². The van der Waals surface area contributed by atoms with E-state index < -0.39 is 0 Å². The maximum absolute atomic E-state index is 6.22. The first kappa shape index (κ1) is 16.1. The van der Waals surface area contributed by atoms with E-state index in [2.05, 4.69) is 27.1 Å². The lowest BCUT2D eigenvalue weighted by molar-refractivity contribution is 0.0948. The summed E-state index contributed by atoms with van der Waals surface area (Å²) in [6.45, 7) is 3.61. The Hall–Kier alpha value is -1.43. The molecule has 1 aliphatic heterocycles. The summed E-state index contributed by atoms with van der Waals surface area (Å²) >= 11 is 6.21. The molecular weight excluding hydrogens is 322 g/mol. The zero-order valence-corrected chi connectivity index (χ0v) is 14.6. The predicted octanol–water partition coefficient (Wildman–Crippen LogP) is 2.59. The third kappa shape index (κ3) is 2.85. The van der Waals surface area contributed by atoms with Crippen LogP contribution in [0.4, 0.5) is 0 Å². The minimum atomic E-state index is 0.0806. The molecule has 4 rings (SSSR count). The van der Waals surface area contributed by atoms with E-state index in [0.717, 1.165) is 43.3 Å². The number of halogens is 1. The van der Waals surface area contributed by atoms with Crippen LogP contribution in [0.1, 0.15) is 37.1 Å². The monoisotopic (exact) mass is 345 g/mol. The van der Waals surface area contributed by atoms with Gasteiger partial charge in [0.1, 0.15) is 12.2 Å². The first-order valence-corrected chi connectivity index (χ1v) is 9.15. The molecule has 0 unspecified atom stereocenters. The van der Waals surface area contributed by atoms with Gasteiger partial charge in [0.25, 0.3) is 0 Å². The molecule has 0 amide bonds. The molecule has 6 heteroatoms. The highest BCUT2D eigenvalue weighted by molar-refractivity contribution is 6.30. The van der Waals surface area contributed by atoms with Crippen molar-refractivity contribution in [2.75, 3.05) is 13.1 Å². The SMILES string of the molecule is NC[C@]1(c2cccc(Cl)c2)CC[C@H](N2CCn3ncnc3C2)CC1. The van der Waals surface area contributed by atoms with Gasteiger partial charge >= 0.3 is 0 Å². The van der Waals surface area contributed by atoms with Crippen molar-refractivity contribution in [3.8, 4) is 0 Å². The summed E-state index contributed by atoms with van der Waals surface area (Å²) in [6.07, 6.45) is 6.27. The summed E-state index contributed by atoms with van der Waals surface area (Å²) < 4.78 is 2.02. The van der Waals surface area contributed by atoms with Crippen LogP contribution < -0.4 is 5.73 Å². The molecule has 2 aliphatic rings. The van der Waals surface area contributed by atoms with Gasteiger partial charge in [0, 0.05) is 29.6 Å². The molecular formula is C18H24ClN5. The Kier molecular flexibility index (Phi) is 4.33. The van der Waals surface area contributed by atoms with Crippen LogP contribution >= 0.6 is 11.6 Å². The Labute approximate surface area is 147 Å². The minimum Gasteiger partial charge on any atom is -0.330 e. The number of hydrogen-bond donors (Lipinski definition) is 1. The standard InChI is InChI=1S/C18H24ClN5/c19-15-3-1-2-14(10-15)18(12-20)6-4-16(5-7-18)23-8-9-24-17(11-23)21-13-22-24/h1-3,10,13,16H,4-9,11-12,20H2/t16-,18-. The van der Waals surface area contributed by atoms with E-state index in [4.69, 9.17) is 17.3 Å². The molecule has 128 valence electrons. The first-order valence-electron chi connectivity index (χ1n) is 8.77. The number of rotatable bonds is 3. The van der Waals surface area contributed by atoms with E-state index in [9.17, 15) is 0 Å². The van der Waals surface area contributed by atoms with Crippen molar-refractivity contribution in [1.29, 1.82) is 0 Å². The fraction of sp³-hybridized carbons (Fsp3) is 0.556. The lowest BCUT2D eigenvalue weighted by Crippen LogP contribution is -2.47. The summed E-state index contributed by atoms with van der Waals surface area (Å²) in [5, 5.41) is 5.07. The number of fused-ring (bicyclic) bond motifs is 1. The molecule has 1 aromatic carbocycles. The van der Waals surface area contributed by atoms with Crippen LogP contribution in [0.25, 0.3) is 0 Å². The molecule has 1 saturated carbocycles. The minimum absolute atomic E-state index is 0.0806. The predicted molar refractivity (Wildman–Crippen MR) is 94.9 cm³/mol. The van der Waals surface area contributed by atoms with Crippen molar-refractivity contribution in [2.45, 2.75) is 50.2 Å². The van der Waals surface area contributed by atoms with Gasteiger partial charge in [-0.2, -0.15) is 5.10 Å². The van der Waals surface area contributed by atoms with E-state index in [1.54, 1.807) is 6.33 Å². The van der Waals surface area contributed by atoms with Crippen LogP contribution in [0.5, 0.6) is 0 Å². The van der Waals surface area contributed by atoms with E-state index in [1.807, 2.05) is 16.8 Å². The van der Waals surface area contributed by atoms with Gasteiger partial charge in [-0.05, 0) is 43.4 Å². The van der Waals surface area contributed by atoms with Crippen molar-refractivity contribution in [3.05, 3.63) is 47.0 Å². The molecule has 0 radical (unpaired) electrons. The number of nitrogens with two attached hydrogens (primary N) is 1. The summed E-state index contributed by atoms with van der Waals surface area (Å²) in [5.41, 5.74) is 7.60. The average Bonchev–Trinajstić information content (AvgIpc) is 3.09. The Morgan fingerprint density at radius 1 is 1.25 bits per heavy atom. The zero-order chi connectivity index (χ0) is 16.6. The van der Waals surface area contributed by atoms with Gasteiger partial charge in [-0.1, -0.05) is 23.7 Å². The molecule has 0 bridgehead atoms. The zero-order valence-electron chi connectivity index (χ0n) is 13.9. The maximum Gasteiger partial charge on any atom is 0.141 e. The summed E-state index contributed by atoms with van der Waals surface area (Å²) in [4.78, 5) is 6.95. The fourth-order valence-corrected chi connectivity index (χ4v) is 4.53. The van der Waals surface area contributed by atoms with Crippen molar-refractivity contribution < 1.29 is 0 Å². The topological polar surface area (TPSA) is 60.0 Å². The highest BCUT2D eigenvalue weighted by Crippen LogP contribution is 2.41. The van der Waals surface area contributed by atoms with Gasteiger partial charge in [0.05, 0.1) is 13.1 Å². The highest BCUT2D eigenvalue weighted by atomic mass is 35.5. The Morgan fingerprint density at radius 3 is 2.83 bits per heavy atom. The second-order valence-corrected chi connectivity index (χ2v) is 7.53. The van der Waals surface area contributed by atoms with Crippen molar-refractivity contribution >= 4 is 11.6 Å². The molecule has 2 heterocycles. The molecule has 0 atom stereocenters. The number of hydrogen-bond acceptors (Lipinski definition) is 4. The number of aromatic nitrogens is 3. The van der Waals surface area contributed by atoms with Crippen LogP contribution in [0, 0.1) is 0 Å². The summed E-state index contributed by atoms with van der Waals surface area (Å²) in [5.74, 6) is 1.09. The van der Waals surface area contributed by atoms with Gasteiger partial charge in [0.2, 0.25) is 0 Å². The third-order valence-electron chi connectivity index (χ3n) is 5.90. The van der Waals surface area contributed by atoms with Gasteiger partial charge < -0.3 is 5.73 Å². The molecule has 1 aromatic heterocycles. The van der Waals surface area contributed by atoms with E-state index >= 15 is 0 Å². The molecule has 2 aromatic rings.